The highest BCUT2D eigenvalue weighted by molar-refractivity contribution is 6.02. The Bertz CT molecular complexity index is 537. The van der Waals surface area contributed by atoms with Crippen LogP contribution in [-0.4, -0.2) is 28.1 Å². The first-order valence-electron chi connectivity index (χ1n) is 4.93. The molecule has 2 N–H and O–H groups in total. The maximum Gasteiger partial charge on any atom is 0.277 e. The number of anilines is 2. The maximum atomic E-state index is 11.8. The molecule has 0 atom stereocenters. The van der Waals surface area contributed by atoms with Crippen molar-refractivity contribution in [2.45, 2.75) is 6.92 Å². The Hall–Kier alpha value is -2.44. The number of nitrogens with zero attached hydrogens (tertiary/aromatic N) is 3. The topological polar surface area (TPSA) is 92.9 Å². The second-order valence-corrected chi connectivity index (χ2v) is 3.32. The Balaban J connectivity index is 2.14. The Morgan fingerprint density at radius 3 is 2.82 bits per heavy atom. The largest absolute Gasteiger partial charge is 0.372 e. The van der Waals surface area contributed by atoms with E-state index in [1.807, 2.05) is 0 Å². The SMILES string of the molecule is CNc1cncc(C(=O)Nc2cc(C)on2)n1. The van der Waals surface area contributed by atoms with E-state index in [0.29, 0.717) is 17.4 Å². The smallest absolute Gasteiger partial charge is 0.277 e. The number of aromatic nitrogens is 3. The molecule has 1 amide bonds. The van der Waals surface area contributed by atoms with Gasteiger partial charge in [0.1, 0.15) is 17.3 Å². The molecule has 0 saturated heterocycles. The molecule has 0 aromatic carbocycles. The van der Waals surface area contributed by atoms with Crippen molar-refractivity contribution >= 4 is 17.5 Å². The van der Waals surface area contributed by atoms with Gasteiger partial charge < -0.3 is 15.2 Å². The fourth-order valence-corrected chi connectivity index (χ4v) is 1.20. The fraction of sp³-hybridized carbons (Fsp3) is 0.200. The van der Waals surface area contributed by atoms with Crippen LogP contribution in [0.3, 0.4) is 0 Å². The van der Waals surface area contributed by atoms with Gasteiger partial charge in [0.25, 0.3) is 5.91 Å². The number of nitrogens with one attached hydrogen (secondary N) is 2. The predicted molar refractivity (Wildman–Crippen MR) is 60.8 cm³/mol. The summed E-state index contributed by atoms with van der Waals surface area (Å²) in [7, 11) is 1.70. The molecule has 2 aromatic heterocycles. The molecule has 0 unspecified atom stereocenters. The number of hydrogen-bond acceptors (Lipinski definition) is 6. The molecule has 88 valence electrons. The van der Waals surface area contributed by atoms with E-state index in [2.05, 4.69) is 25.8 Å². The first kappa shape index (κ1) is 11.1. The second kappa shape index (κ2) is 4.60. The molecular weight excluding hydrogens is 222 g/mol. The third-order valence-electron chi connectivity index (χ3n) is 1.99. The number of carbonyl (C=O) groups is 1. The zero-order valence-corrected chi connectivity index (χ0v) is 9.39. The molecule has 17 heavy (non-hydrogen) atoms. The van der Waals surface area contributed by atoms with E-state index in [-0.39, 0.29) is 11.6 Å². The molecule has 7 heteroatoms. The van der Waals surface area contributed by atoms with Gasteiger partial charge in [-0.2, -0.15) is 0 Å². The van der Waals surface area contributed by atoms with E-state index < -0.39 is 0 Å². The lowest BCUT2D eigenvalue weighted by Gasteiger charge is -2.02. The molecule has 0 bridgehead atoms. The van der Waals surface area contributed by atoms with Crippen LogP contribution in [0.5, 0.6) is 0 Å². The highest BCUT2D eigenvalue weighted by Crippen LogP contribution is 2.09. The minimum absolute atomic E-state index is 0.206. The van der Waals surface area contributed by atoms with Gasteiger partial charge in [0.15, 0.2) is 5.82 Å². The van der Waals surface area contributed by atoms with E-state index in [4.69, 9.17) is 4.52 Å². The standard InChI is InChI=1S/C10H11N5O2/c1-6-3-8(15-17-6)14-10(16)7-4-12-5-9(11-2)13-7/h3-5H,1-2H3,(H,11,13)(H,14,15,16). The lowest BCUT2D eigenvalue weighted by molar-refractivity contribution is 0.102. The van der Waals surface area contributed by atoms with Gasteiger partial charge in [-0.1, -0.05) is 5.16 Å². The zero-order valence-electron chi connectivity index (χ0n) is 9.39. The Morgan fingerprint density at radius 1 is 1.35 bits per heavy atom. The Labute approximate surface area is 97.2 Å². The van der Waals surface area contributed by atoms with Gasteiger partial charge in [0.05, 0.1) is 12.4 Å². The number of carbonyl (C=O) groups excluding carboxylic acids is 1. The van der Waals surface area contributed by atoms with Crippen LogP contribution in [0.4, 0.5) is 11.6 Å². The van der Waals surface area contributed by atoms with Gasteiger partial charge in [0.2, 0.25) is 0 Å². The van der Waals surface area contributed by atoms with Crippen LogP contribution >= 0.6 is 0 Å². The molecule has 7 nitrogen and oxygen atoms in total. The van der Waals surface area contributed by atoms with Crippen LogP contribution in [0, 0.1) is 6.92 Å². The summed E-state index contributed by atoms with van der Waals surface area (Å²) in [6, 6.07) is 1.62. The van der Waals surface area contributed by atoms with E-state index in [1.165, 1.54) is 12.4 Å². The van der Waals surface area contributed by atoms with Crippen molar-refractivity contribution in [3.63, 3.8) is 0 Å². The molecule has 0 aliphatic carbocycles. The van der Waals surface area contributed by atoms with E-state index >= 15 is 0 Å². The van der Waals surface area contributed by atoms with Crippen LogP contribution < -0.4 is 10.6 Å². The summed E-state index contributed by atoms with van der Waals surface area (Å²) in [5.41, 5.74) is 0.206. The van der Waals surface area contributed by atoms with Gasteiger partial charge in [-0.05, 0) is 6.92 Å². The van der Waals surface area contributed by atoms with Crippen molar-refractivity contribution in [1.82, 2.24) is 15.1 Å². The minimum atomic E-state index is -0.386. The summed E-state index contributed by atoms with van der Waals surface area (Å²) in [6.07, 6.45) is 2.90. The van der Waals surface area contributed by atoms with Crippen molar-refractivity contribution in [3.8, 4) is 0 Å². The third-order valence-corrected chi connectivity index (χ3v) is 1.99. The molecule has 2 rings (SSSR count). The summed E-state index contributed by atoms with van der Waals surface area (Å²) in [6.45, 7) is 1.74. The van der Waals surface area contributed by atoms with Crippen LogP contribution in [0.25, 0.3) is 0 Å². The van der Waals surface area contributed by atoms with Crippen molar-refractivity contribution in [2.75, 3.05) is 17.7 Å². The lowest BCUT2D eigenvalue weighted by atomic mass is 10.4. The molecule has 0 fully saturated rings. The van der Waals surface area contributed by atoms with Crippen LogP contribution in [0.1, 0.15) is 16.2 Å². The van der Waals surface area contributed by atoms with Gasteiger partial charge in [-0.15, -0.1) is 0 Å². The Kier molecular flexibility index (Phi) is 2.99. The molecule has 0 radical (unpaired) electrons. The molecule has 0 aliphatic rings. The first-order valence-corrected chi connectivity index (χ1v) is 4.93. The average Bonchev–Trinajstić information content (AvgIpc) is 2.75. The quantitative estimate of drug-likeness (QED) is 0.823. The van der Waals surface area contributed by atoms with Crippen LogP contribution in [0.2, 0.25) is 0 Å². The third kappa shape index (κ3) is 2.57. The number of amides is 1. The molecule has 0 spiro atoms. The van der Waals surface area contributed by atoms with Gasteiger partial charge >= 0.3 is 0 Å². The second-order valence-electron chi connectivity index (χ2n) is 3.32. The summed E-state index contributed by atoms with van der Waals surface area (Å²) >= 11 is 0. The fourth-order valence-electron chi connectivity index (χ4n) is 1.20. The van der Waals surface area contributed by atoms with Crippen molar-refractivity contribution in [1.29, 1.82) is 0 Å². The summed E-state index contributed by atoms with van der Waals surface area (Å²) in [4.78, 5) is 19.7. The van der Waals surface area contributed by atoms with E-state index in [9.17, 15) is 4.79 Å². The van der Waals surface area contributed by atoms with Gasteiger partial charge in [-0.25, -0.2) is 4.98 Å². The molecule has 2 heterocycles. The first-order chi connectivity index (χ1) is 8.19. The Morgan fingerprint density at radius 2 is 2.18 bits per heavy atom. The normalized spacial score (nSPS) is 10.0. The van der Waals surface area contributed by atoms with E-state index in [0.717, 1.165) is 0 Å². The van der Waals surface area contributed by atoms with Gasteiger partial charge in [-0.3, -0.25) is 9.78 Å². The molecule has 0 saturated carbocycles. The summed E-state index contributed by atoms with van der Waals surface area (Å²) < 4.78 is 4.83. The van der Waals surface area contributed by atoms with Crippen molar-refractivity contribution in [2.24, 2.45) is 0 Å². The number of aryl methyl sites for hydroxylation is 1. The van der Waals surface area contributed by atoms with Crippen LogP contribution in [0.15, 0.2) is 23.0 Å². The lowest BCUT2D eigenvalue weighted by Crippen LogP contribution is -2.14. The van der Waals surface area contributed by atoms with E-state index in [1.54, 1.807) is 20.0 Å². The molecule has 2 aromatic rings. The number of rotatable bonds is 3. The van der Waals surface area contributed by atoms with Crippen molar-refractivity contribution < 1.29 is 9.32 Å². The zero-order chi connectivity index (χ0) is 12.3. The average molecular weight is 233 g/mol. The summed E-state index contributed by atoms with van der Waals surface area (Å²) in [5, 5.41) is 9.01. The highest BCUT2D eigenvalue weighted by atomic mass is 16.5. The number of hydrogen-bond donors (Lipinski definition) is 2. The molecule has 0 aliphatic heterocycles. The predicted octanol–water partition coefficient (Wildman–Crippen LogP) is 1.07. The van der Waals surface area contributed by atoms with Crippen molar-refractivity contribution in [3.05, 3.63) is 29.9 Å². The monoisotopic (exact) mass is 233 g/mol. The maximum absolute atomic E-state index is 11.8. The molecular formula is C10H11N5O2. The summed E-state index contributed by atoms with van der Waals surface area (Å²) in [5.74, 6) is 1.11. The van der Waals surface area contributed by atoms with Gasteiger partial charge in [0, 0.05) is 13.1 Å². The highest BCUT2D eigenvalue weighted by Gasteiger charge is 2.11. The minimum Gasteiger partial charge on any atom is -0.372 e. The van der Waals surface area contributed by atoms with Crippen LogP contribution in [-0.2, 0) is 0 Å².